The van der Waals surface area contributed by atoms with Gasteiger partial charge in [0.2, 0.25) is 5.91 Å². The molecule has 0 aliphatic carbocycles. The summed E-state index contributed by atoms with van der Waals surface area (Å²) in [5, 5.41) is 12.8. The maximum absolute atomic E-state index is 12.6. The number of carbonyl (C=O) groups excluding carboxylic acids is 1. The topological polar surface area (TPSA) is 72.9 Å². The quantitative estimate of drug-likeness (QED) is 0.788. The van der Waals surface area contributed by atoms with Gasteiger partial charge in [-0.25, -0.2) is 4.79 Å². The number of carboxylic acid groups (broad SMARTS) is 1. The van der Waals surface area contributed by atoms with E-state index in [2.05, 4.69) is 10.2 Å². The van der Waals surface area contributed by atoms with Gasteiger partial charge in [0, 0.05) is 19.6 Å². The molecule has 1 amide bonds. The van der Waals surface area contributed by atoms with Crippen LogP contribution in [0.5, 0.6) is 0 Å². The number of carbonyl (C=O) groups is 2. The van der Waals surface area contributed by atoms with Crippen LogP contribution in [0.4, 0.5) is 0 Å². The summed E-state index contributed by atoms with van der Waals surface area (Å²) in [6.45, 7) is 8.41. The molecule has 1 unspecified atom stereocenters. The minimum Gasteiger partial charge on any atom is -0.480 e. The average molecular weight is 297 g/mol. The van der Waals surface area contributed by atoms with Crippen molar-refractivity contribution in [1.29, 1.82) is 0 Å². The number of likely N-dealkylation sites (tertiary alicyclic amines) is 1. The normalized spacial score (nSPS) is 27.1. The van der Waals surface area contributed by atoms with E-state index in [0.29, 0.717) is 13.1 Å². The van der Waals surface area contributed by atoms with Gasteiger partial charge in [0.15, 0.2) is 0 Å². The van der Waals surface area contributed by atoms with Crippen molar-refractivity contribution in [3.63, 3.8) is 0 Å². The third kappa shape index (κ3) is 3.95. The van der Waals surface area contributed by atoms with Crippen LogP contribution in [0.3, 0.4) is 0 Å². The molecule has 2 N–H and O–H groups in total. The van der Waals surface area contributed by atoms with Gasteiger partial charge in [-0.15, -0.1) is 0 Å². The van der Waals surface area contributed by atoms with Crippen molar-refractivity contribution in [2.75, 3.05) is 39.3 Å². The highest BCUT2D eigenvalue weighted by atomic mass is 16.4. The van der Waals surface area contributed by atoms with Crippen molar-refractivity contribution >= 4 is 11.9 Å². The maximum atomic E-state index is 12.6. The van der Waals surface area contributed by atoms with Crippen molar-refractivity contribution in [2.45, 2.75) is 39.2 Å². The van der Waals surface area contributed by atoms with Crippen molar-refractivity contribution in [3.8, 4) is 0 Å². The van der Waals surface area contributed by atoms with E-state index in [4.69, 9.17) is 0 Å². The molecule has 1 atom stereocenters. The van der Waals surface area contributed by atoms with Crippen molar-refractivity contribution in [1.82, 2.24) is 15.1 Å². The molecular weight excluding hydrogens is 270 g/mol. The number of aliphatic carboxylic acids is 1. The number of amides is 1. The lowest BCUT2D eigenvalue weighted by molar-refractivity contribution is -0.159. The first-order valence-corrected chi connectivity index (χ1v) is 7.87. The molecular formula is C15H27N3O3. The van der Waals surface area contributed by atoms with Crippen LogP contribution in [-0.4, -0.2) is 72.1 Å². The van der Waals surface area contributed by atoms with Crippen LogP contribution in [0.2, 0.25) is 0 Å². The lowest BCUT2D eigenvalue weighted by atomic mass is 9.76. The summed E-state index contributed by atoms with van der Waals surface area (Å²) in [7, 11) is 0. The van der Waals surface area contributed by atoms with Gasteiger partial charge in [0.05, 0.1) is 6.54 Å². The Morgan fingerprint density at radius 3 is 2.67 bits per heavy atom. The summed E-state index contributed by atoms with van der Waals surface area (Å²) in [5.41, 5.74) is -0.361. The van der Waals surface area contributed by atoms with Crippen LogP contribution < -0.4 is 5.32 Å². The fraction of sp³-hybridized carbons (Fsp3) is 0.867. The van der Waals surface area contributed by atoms with Gasteiger partial charge in [-0.2, -0.15) is 0 Å². The number of carboxylic acids is 1. The van der Waals surface area contributed by atoms with Gasteiger partial charge in [-0.3, -0.25) is 9.69 Å². The van der Waals surface area contributed by atoms with Gasteiger partial charge in [0.1, 0.15) is 6.04 Å². The van der Waals surface area contributed by atoms with E-state index in [9.17, 15) is 14.7 Å². The fourth-order valence-electron chi connectivity index (χ4n) is 3.47. The van der Waals surface area contributed by atoms with Gasteiger partial charge < -0.3 is 15.3 Å². The van der Waals surface area contributed by atoms with E-state index < -0.39 is 12.0 Å². The molecule has 0 aromatic heterocycles. The van der Waals surface area contributed by atoms with Gasteiger partial charge in [-0.05, 0) is 37.8 Å². The third-order valence-electron chi connectivity index (χ3n) is 4.62. The predicted molar refractivity (Wildman–Crippen MR) is 80.1 cm³/mol. The molecule has 0 radical (unpaired) electrons. The Bertz CT molecular complexity index is 390. The summed E-state index contributed by atoms with van der Waals surface area (Å²) in [6.07, 6.45) is 2.76. The molecule has 0 aromatic carbocycles. The Hall–Kier alpha value is -1.14. The molecule has 0 bridgehead atoms. The second-order valence-corrected chi connectivity index (χ2v) is 6.80. The highest BCUT2D eigenvalue weighted by molar-refractivity contribution is 5.85. The second-order valence-electron chi connectivity index (χ2n) is 6.80. The maximum Gasteiger partial charge on any atom is 0.326 e. The summed E-state index contributed by atoms with van der Waals surface area (Å²) in [5.74, 6) is -0.928. The highest BCUT2D eigenvalue weighted by Crippen LogP contribution is 2.35. The second kappa shape index (κ2) is 6.75. The standard InChI is InChI=1S/C15H27N3O3/c1-15(2)5-3-9-18(13(15)14(20)21)12(19)11-17-8-4-6-16-7-10-17/h13,16H,3-11H2,1-2H3,(H,20,21). The molecule has 120 valence electrons. The molecule has 2 rings (SSSR count). The van der Waals surface area contributed by atoms with E-state index in [1.807, 2.05) is 13.8 Å². The molecule has 2 aliphatic rings. The summed E-state index contributed by atoms with van der Waals surface area (Å²) in [4.78, 5) is 27.9. The van der Waals surface area contributed by atoms with Gasteiger partial charge >= 0.3 is 5.97 Å². The monoisotopic (exact) mass is 297 g/mol. The number of piperidine rings is 1. The van der Waals surface area contributed by atoms with Gasteiger partial charge in [-0.1, -0.05) is 13.8 Å². The fourth-order valence-corrected chi connectivity index (χ4v) is 3.47. The number of hydrogen-bond acceptors (Lipinski definition) is 4. The minimum atomic E-state index is -0.884. The number of nitrogens with one attached hydrogen (secondary N) is 1. The van der Waals surface area contributed by atoms with E-state index in [1.54, 1.807) is 4.90 Å². The molecule has 0 aromatic rings. The number of rotatable bonds is 3. The van der Waals surface area contributed by atoms with Crippen molar-refractivity contribution in [3.05, 3.63) is 0 Å². The number of nitrogens with zero attached hydrogens (tertiary/aromatic N) is 2. The largest absolute Gasteiger partial charge is 0.480 e. The van der Waals surface area contributed by atoms with Crippen LogP contribution in [-0.2, 0) is 9.59 Å². The minimum absolute atomic E-state index is 0.0444. The van der Waals surface area contributed by atoms with Crippen LogP contribution in [0, 0.1) is 5.41 Å². The van der Waals surface area contributed by atoms with E-state index >= 15 is 0 Å². The molecule has 0 spiro atoms. The number of hydrogen-bond donors (Lipinski definition) is 2. The summed E-state index contributed by atoms with van der Waals surface area (Å²) >= 11 is 0. The first-order chi connectivity index (χ1) is 9.92. The van der Waals surface area contributed by atoms with E-state index in [0.717, 1.165) is 45.4 Å². The van der Waals surface area contributed by atoms with Crippen LogP contribution >= 0.6 is 0 Å². The summed E-state index contributed by atoms with van der Waals surface area (Å²) < 4.78 is 0. The third-order valence-corrected chi connectivity index (χ3v) is 4.62. The molecule has 6 nitrogen and oxygen atoms in total. The molecule has 21 heavy (non-hydrogen) atoms. The molecule has 6 heteroatoms. The molecule has 2 fully saturated rings. The first-order valence-electron chi connectivity index (χ1n) is 7.87. The predicted octanol–water partition coefficient (Wildman–Crippen LogP) is 0.384. The zero-order valence-electron chi connectivity index (χ0n) is 13.1. The SMILES string of the molecule is CC1(C)CCCN(C(=O)CN2CCCNCC2)C1C(=O)O. The Morgan fingerprint density at radius 1 is 1.19 bits per heavy atom. The van der Waals surface area contributed by atoms with Crippen molar-refractivity contribution in [2.24, 2.45) is 5.41 Å². The first kappa shape index (κ1) is 16.2. The Kier molecular flexibility index (Phi) is 5.22. The summed E-state index contributed by atoms with van der Waals surface area (Å²) in [6, 6.07) is -0.705. The Morgan fingerprint density at radius 2 is 1.95 bits per heavy atom. The van der Waals surface area contributed by atoms with E-state index in [-0.39, 0.29) is 11.3 Å². The van der Waals surface area contributed by atoms with Crippen LogP contribution in [0.1, 0.15) is 33.1 Å². The molecule has 2 heterocycles. The average Bonchev–Trinajstić information content (AvgIpc) is 2.65. The van der Waals surface area contributed by atoms with Crippen molar-refractivity contribution < 1.29 is 14.7 Å². The lowest BCUT2D eigenvalue weighted by Gasteiger charge is -2.44. The smallest absolute Gasteiger partial charge is 0.326 e. The molecule has 2 saturated heterocycles. The zero-order valence-corrected chi connectivity index (χ0v) is 13.1. The Labute approximate surface area is 126 Å². The lowest BCUT2D eigenvalue weighted by Crippen LogP contribution is -2.58. The Balaban J connectivity index is 2.03. The van der Waals surface area contributed by atoms with E-state index in [1.165, 1.54) is 0 Å². The molecule has 0 saturated carbocycles. The highest BCUT2D eigenvalue weighted by Gasteiger charge is 2.44. The molecule has 2 aliphatic heterocycles. The van der Waals surface area contributed by atoms with Crippen LogP contribution in [0.15, 0.2) is 0 Å². The van der Waals surface area contributed by atoms with Gasteiger partial charge in [0.25, 0.3) is 0 Å². The zero-order chi connectivity index (χ0) is 15.5. The van der Waals surface area contributed by atoms with Crippen LogP contribution in [0.25, 0.3) is 0 Å².